The number of pyridine rings is 1. The maximum atomic E-state index is 5.87. The van der Waals surface area contributed by atoms with E-state index >= 15 is 0 Å². The fraction of sp³-hybridized carbons (Fsp3) is 0.667. The molecule has 2 rings (SSSR count). The van der Waals surface area contributed by atoms with Crippen molar-refractivity contribution in [2.45, 2.75) is 45.3 Å². The first kappa shape index (κ1) is 14.9. The van der Waals surface area contributed by atoms with Crippen LogP contribution in [0.5, 0.6) is 11.8 Å². The minimum atomic E-state index is -0.327. The average molecular weight is 279 g/mol. The summed E-state index contributed by atoms with van der Waals surface area (Å²) in [7, 11) is 2.13. The zero-order valence-electron chi connectivity index (χ0n) is 12.8. The molecular weight excluding hydrogens is 254 g/mol. The molecule has 1 saturated carbocycles. The van der Waals surface area contributed by atoms with Crippen molar-refractivity contribution in [1.29, 1.82) is 0 Å². The van der Waals surface area contributed by atoms with Crippen LogP contribution >= 0.6 is 0 Å². The summed E-state index contributed by atoms with van der Waals surface area (Å²) >= 11 is 0. The molecule has 0 unspecified atom stereocenters. The molecule has 1 aliphatic rings. The molecule has 0 bridgehead atoms. The van der Waals surface area contributed by atoms with Gasteiger partial charge in [0.05, 0.1) is 5.69 Å². The van der Waals surface area contributed by atoms with Gasteiger partial charge in [-0.25, -0.2) is 0 Å². The smallest absolute Gasteiger partial charge is 0.241 e. The number of hydrogen-bond donors (Lipinski definition) is 1. The number of nitrogens with zero attached hydrogens (tertiary/aromatic N) is 2. The van der Waals surface area contributed by atoms with Crippen LogP contribution in [0.1, 0.15) is 33.6 Å². The third-order valence-corrected chi connectivity index (χ3v) is 3.13. The monoisotopic (exact) mass is 279 g/mol. The molecule has 0 radical (unpaired) electrons. The highest BCUT2D eigenvalue weighted by Crippen LogP contribution is 2.26. The third-order valence-electron chi connectivity index (χ3n) is 3.13. The maximum absolute atomic E-state index is 5.87. The van der Waals surface area contributed by atoms with Gasteiger partial charge in [0.15, 0.2) is 0 Å². The van der Waals surface area contributed by atoms with Crippen LogP contribution in [0.3, 0.4) is 0 Å². The fourth-order valence-electron chi connectivity index (χ4n) is 1.88. The summed E-state index contributed by atoms with van der Waals surface area (Å²) in [5.41, 5.74) is 6.07. The largest absolute Gasteiger partial charge is 0.476 e. The molecule has 0 aromatic carbocycles. The summed E-state index contributed by atoms with van der Waals surface area (Å²) in [5.74, 6) is 0.994. The van der Waals surface area contributed by atoms with Crippen molar-refractivity contribution >= 4 is 5.69 Å². The van der Waals surface area contributed by atoms with Gasteiger partial charge in [0, 0.05) is 18.7 Å². The van der Waals surface area contributed by atoms with E-state index in [2.05, 4.69) is 16.9 Å². The van der Waals surface area contributed by atoms with E-state index in [0.29, 0.717) is 24.1 Å². The Kier molecular flexibility index (Phi) is 4.38. The van der Waals surface area contributed by atoms with Crippen LogP contribution in [0.4, 0.5) is 5.69 Å². The molecule has 5 nitrogen and oxygen atoms in total. The lowest BCUT2D eigenvalue weighted by molar-refractivity contribution is 0.123. The highest BCUT2D eigenvalue weighted by Gasteiger charge is 2.25. The van der Waals surface area contributed by atoms with Crippen LogP contribution in [0.15, 0.2) is 12.1 Å². The molecule has 1 aromatic heterocycles. The van der Waals surface area contributed by atoms with Crippen molar-refractivity contribution in [3.8, 4) is 11.8 Å². The molecule has 0 atom stereocenters. The summed E-state index contributed by atoms with van der Waals surface area (Å²) in [5, 5.41) is 0. The SMILES string of the molecule is CN(CCOc1ccc(N)c(OC(C)(C)C)n1)C1CC1. The van der Waals surface area contributed by atoms with Gasteiger partial charge in [0.1, 0.15) is 12.2 Å². The lowest BCUT2D eigenvalue weighted by Gasteiger charge is -2.21. The number of nitrogens with two attached hydrogens (primary N) is 1. The topological polar surface area (TPSA) is 60.6 Å². The summed E-state index contributed by atoms with van der Waals surface area (Å²) in [6, 6.07) is 4.30. The van der Waals surface area contributed by atoms with Crippen molar-refractivity contribution in [2.24, 2.45) is 0 Å². The van der Waals surface area contributed by atoms with Gasteiger partial charge in [-0.1, -0.05) is 0 Å². The van der Waals surface area contributed by atoms with E-state index in [-0.39, 0.29) is 5.60 Å². The molecule has 5 heteroatoms. The molecule has 112 valence electrons. The molecule has 0 spiro atoms. The van der Waals surface area contributed by atoms with Crippen LogP contribution in [-0.4, -0.2) is 41.7 Å². The van der Waals surface area contributed by atoms with Crippen molar-refractivity contribution in [2.75, 3.05) is 25.9 Å². The zero-order chi connectivity index (χ0) is 14.8. The van der Waals surface area contributed by atoms with E-state index in [0.717, 1.165) is 12.6 Å². The third kappa shape index (κ3) is 4.56. The van der Waals surface area contributed by atoms with Gasteiger partial charge in [-0.15, -0.1) is 0 Å². The summed E-state index contributed by atoms with van der Waals surface area (Å²) in [4.78, 5) is 6.65. The van der Waals surface area contributed by atoms with E-state index in [4.69, 9.17) is 15.2 Å². The van der Waals surface area contributed by atoms with Crippen molar-refractivity contribution in [1.82, 2.24) is 9.88 Å². The van der Waals surface area contributed by atoms with E-state index in [1.54, 1.807) is 12.1 Å². The number of nitrogen functional groups attached to an aromatic ring is 1. The number of anilines is 1. The van der Waals surface area contributed by atoms with Gasteiger partial charge < -0.3 is 20.1 Å². The molecule has 1 aromatic rings. The van der Waals surface area contributed by atoms with Gasteiger partial charge in [0.2, 0.25) is 11.8 Å². The minimum absolute atomic E-state index is 0.327. The second-order valence-electron chi connectivity index (χ2n) is 6.32. The Labute approximate surface area is 121 Å². The predicted octanol–water partition coefficient (Wildman–Crippen LogP) is 2.31. The van der Waals surface area contributed by atoms with Crippen LogP contribution in [0.2, 0.25) is 0 Å². The summed E-state index contributed by atoms with van der Waals surface area (Å²) in [6.45, 7) is 7.43. The predicted molar refractivity (Wildman–Crippen MR) is 80.2 cm³/mol. The number of ether oxygens (including phenoxy) is 2. The Morgan fingerprint density at radius 2 is 2.05 bits per heavy atom. The quantitative estimate of drug-likeness (QED) is 0.866. The molecule has 0 saturated heterocycles. The first-order valence-electron chi connectivity index (χ1n) is 7.14. The first-order valence-corrected chi connectivity index (χ1v) is 7.14. The molecule has 1 fully saturated rings. The summed E-state index contributed by atoms with van der Waals surface area (Å²) in [6.07, 6.45) is 2.61. The van der Waals surface area contributed by atoms with Crippen LogP contribution < -0.4 is 15.2 Å². The highest BCUT2D eigenvalue weighted by atomic mass is 16.5. The molecular formula is C15H25N3O2. The maximum Gasteiger partial charge on any atom is 0.241 e. The summed E-state index contributed by atoms with van der Waals surface area (Å²) < 4.78 is 11.4. The van der Waals surface area contributed by atoms with E-state index in [1.807, 2.05) is 20.8 Å². The van der Waals surface area contributed by atoms with E-state index in [9.17, 15) is 0 Å². The molecule has 20 heavy (non-hydrogen) atoms. The average Bonchev–Trinajstić information content (AvgIpc) is 3.15. The fourth-order valence-corrected chi connectivity index (χ4v) is 1.88. The Morgan fingerprint density at radius 1 is 1.35 bits per heavy atom. The van der Waals surface area contributed by atoms with Crippen molar-refractivity contribution < 1.29 is 9.47 Å². The molecule has 0 aliphatic heterocycles. The van der Waals surface area contributed by atoms with Crippen LogP contribution in [0, 0.1) is 0 Å². The Balaban J connectivity index is 1.89. The molecule has 1 heterocycles. The second kappa shape index (κ2) is 5.87. The van der Waals surface area contributed by atoms with Gasteiger partial charge >= 0.3 is 0 Å². The van der Waals surface area contributed by atoms with E-state index < -0.39 is 0 Å². The standard InChI is InChI=1S/C15H25N3O2/c1-15(2,3)20-14-12(16)7-8-13(17-14)19-10-9-18(4)11-5-6-11/h7-8,11H,5-6,9-10,16H2,1-4H3. The Morgan fingerprint density at radius 3 is 2.65 bits per heavy atom. The molecule has 2 N–H and O–H groups in total. The molecule has 0 amide bonds. The number of likely N-dealkylation sites (N-methyl/N-ethyl adjacent to an activating group) is 1. The van der Waals surface area contributed by atoms with Crippen molar-refractivity contribution in [3.05, 3.63) is 12.1 Å². The lowest BCUT2D eigenvalue weighted by Crippen LogP contribution is -2.26. The van der Waals surface area contributed by atoms with Crippen molar-refractivity contribution in [3.63, 3.8) is 0 Å². The van der Waals surface area contributed by atoms with Gasteiger partial charge in [-0.2, -0.15) is 4.98 Å². The van der Waals surface area contributed by atoms with Gasteiger partial charge in [-0.3, -0.25) is 0 Å². The number of rotatable bonds is 6. The van der Waals surface area contributed by atoms with Gasteiger partial charge in [0.25, 0.3) is 0 Å². The van der Waals surface area contributed by atoms with Crippen LogP contribution in [0.25, 0.3) is 0 Å². The second-order valence-corrected chi connectivity index (χ2v) is 6.32. The van der Waals surface area contributed by atoms with Crippen LogP contribution in [-0.2, 0) is 0 Å². The zero-order valence-corrected chi connectivity index (χ0v) is 12.8. The highest BCUT2D eigenvalue weighted by molar-refractivity contribution is 5.49. The number of hydrogen-bond acceptors (Lipinski definition) is 5. The van der Waals surface area contributed by atoms with E-state index in [1.165, 1.54) is 12.8 Å². The molecule has 1 aliphatic carbocycles. The normalized spacial score (nSPS) is 15.4. The lowest BCUT2D eigenvalue weighted by atomic mass is 10.2. The Bertz CT molecular complexity index is 453. The van der Waals surface area contributed by atoms with Gasteiger partial charge in [-0.05, 0) is 46.7 Å². The minimum Gasteiger partial charge on any atom is -0.476 e. The first-order chi connectivity index (χ1) is 9.35. The number of aromatic nitrogens is 1. The Hall–Kier alpha value is -1.49.